The summed E-state index contributed by atoms with van der Waals surface area (Å²) in [5, 5.41) is 2.82. The van der Waals surface area contributed by atoms with Crippen LogP contribution in [0.3, 0.4) is 0 Å². The van der Waals surface area contributed by atoms with Crippen LogP contribution in [0, 0.1) is 0 Å². The molecule has 108 valence electrons. The monoisotopic (exact) mass is 350 g/mol. The van der Waals surface area contributed by atoms with Crippen LogP contribution in [-0.4, -0.2) is 25.1 Å². The third kappa shape index (κ3) is 8.08. The highest BCUT2D eigenvalue weighted by Gasteiger charge is 2.06. The molecule has 4 nitrogen and oxygen atoms in total. The Morgan fingerprint density at radius 3 is 2.89 bits per heavy atom. The third-order valence-corrected chi connectivity index (χ3v) is 2.82. The van der Waals surface area contributed by atoms with Crippen molar-refractivity contribution in [3.63, 3.8) is 0 Å². The zero-order chi connectivity index (χ0) is 13.4. The van der Waals surface area contributed by atoms with Crippen molar-refractivity contribution in [3.8, 4) is 5.75 Å². The Hall–Kier alpha value is -0.780. The van der Waals surface area contributed by atoms with Crippen molar-refractivity contribution in [2.24, 2.45) is 5.73 Å². The van der Waals surface area contributed by atoms with Crippen LogP contribution in [0.5, 0.6) is 5.75 Å². The minimum absolute atomic E-state index is 0. The molecule has 0 aliphatic heterocycles. The van der Waals surface area contributed by atoms with Gasteiger partial charge in [0.05, 0.1) is 6.54 Å². The number of halogens is 2. The minimum Gasteiger partial charge on any atom is -0.489 e. The summed E-state index contributed by atoms with van der Waals surface area (Å²) in [6, 6.07) is 7.63. The van der Waals surface area contributed by atoms with E-state index < -0.39 is 0 Å². The zero-order valence-electron chi connectivity index (χ0n) is 10.9. The number of carbonyl (C=O) groups is 1. The molecule has 1 unspecified atom stereocenters. The normalized spacial score (nSPS) is 11.3. The molecule has 6 heteroatoms. The van der Waals surface area contributed by atoms with E-state index in [-0.39, 0.29) is 24.4 Å². The van der Waals surface area contributed by atoms with Crippen LogP contribution in [0.4, 0.5) is 0 Å². The number of nitrogens with two attached hydrogens (primary N) is 1. The first kappa shape index (κ1) is 18.2. The van der Waals surface area contributed by atoms with Gasteiger partial charge in [0.25, 0.3) is 0 Å². The molecular weight excluding hydrogens is 332 g/mol. The Balaban J connectivity index is 0.00000324. The molecule has 1 amide bonds. The molecule has 0 aliphatic rings. The first-order valence-electron chi connectivity index (χ1n) is 6.01. The quantitative estimate of drug-likeness (QED) is 0.793. The average molecular weight is 352 g/mol. The number of hydrogen-bond donors (Lipinski definition) is 2. The summed E-state index contributed by atoms with van der Waals surface area (Å²) in [4.78, 5) is 11.4. The topological polar surface area (TPSA) is 64.4 Å². The minimum atomic E-state index is -0.0684. The summed E-state index contributed by atoms with van der Waals surface area (Å²) < 4.78 is 6.65. The van der Waals surface area contributed by atoms with Gasteiger partial charge in [-0.15, -0.1) is 12.4 Å². The first-order valence-corrected chi connectivity index (χ1v) is 6.80. The number of ether oxygens (including phenoxy) is 1. The summed E-state index contributed by atoms with van der Waals surface area (Å²) >= 11 is 3.38. The van der Waals surface area contributed by atoms with E-state index in [1.807, 2.05) is 31.2 Å². The van der Waals surface area contributed by atoms with E-state index >= 15 is 0 Å². The van der Waals surface area contributed by atoms with Gasteiger partial charge >= 0.3 is 0 Å². The van der Waals surface area contributed by atoms with Gasteiger partial charge in [-0.1, -0.05) is 22.0 Å². The van der Waals surface area contributed by atoms with Crippen LogP contribution < -0.4 is 15.8 Å². The fraction of sp³-hybridized carbons (Fsp3) is 0.462. The second kappa shape index (κ2) is 10.1. The lowest BCUT2D eigenvalue weighted by Gasteiger charge is -2.15. The highest BCUT2D eigenvalue weighted by atomic mass is 79.9. The van der Waals surface area contributed by atoms with Gasteiger partial charge in [0.1, 0.15) is 11.9 Å². The van der Waals surface area contributed by atoms with Crippen LogP contribution in [-0.2, 0) is 4.79 Å². The lowest BCUT2D eigenvalue weighted by Crippen LogP contribution is -2.33. The molecule has 19 heavy (non-hydrogen) atoms. The molecule has 1 aromatic rings. The average Bonchev–Trinajstić information content (AvgIpc) is 2.34. The van der Waals surface area contributed by atoms with E-state index in [2.05, 4.69) is 21.2 Å². The molecule has 0 fully saturated rings. The number of nitrogens with one attached hydrogen (secondary N) is 1. The summed E-state index contributed by atoms with van der Waals surface area (Å²) in [6.07, 6.45) is 1.12. The summed E-state index contributed by atoms with van der Waals surface area (Å²) in [6.45, 7) is 2.96. The largest absolute Gasteiger partial charge is 0.489 e. The van der Waals surface area contributed by atoms with Crippen LogP contribution >= 0.6 is 28.3 Å². The number of hydrogen-bond acceptors (Lipinski definition) is 3. The van der Waals surface area contributed by atoms with Crippen LogP contribution in [0.15, 0.2) is 28.7 Å². The van der Waals surface area contributed by atoms with E-state index in [9.17, 15) is 4.79 Å². The lowest BCUT2D eigenvalue weighted by atomic mass is 10.3. The van der Waals surface area contributed by atoms with Gasteiger partial charge in [-0.2, -0.15) is 0 Å². The maximum absolute atomic E-state index is 11.4. The lowest BCUT2D eigenvalue weighted by molar-refractivity contribution is -0.121. The molecule has 0 saturated heterocycles. The van der Waals surface area contributed by atoms with Gasteiger partial charge < -0.3 is 15.8 Å². The third-order valence-electron chi connectivity index (χ3n) is 2.33. The number of benzene rings is 1. The Morgan fingerprint density at radius 2 is 2.26 bits per heavy atom. The van der Waals surface area contributed by atoms with E-state index in [0.717, 1.165) is 10.2 Å². The Labute approximate surface area is 128 Å². The summed E-state index contributed by atoms with van der Waals surface area (Å²) in [7, 11) is 0. The molecule has 0 saturated carbocycles. The Kier molecular flexibility index (Phi) is 9.65. The van der Waals surface area contributed by atoms with Gasteiger partial charge in [-0.25, -0.2) is 0 Å². The van der Waals surface area contributed by atoms with E-state index in [0.29, 0.717) is 25.9 Å². The van der Waals surface area contributed by atoms with Crippen LogP contribution in [0.2, 0.25) is 0 Å². The van der Waals surface area contributed by atoms with Gasteiger partial charge in [0.15, 0.2) is 0 Å². The molecule has 0 bridgehead atoms. The molecule has 1 rings (SSSR count). The van der Waals surface area contributed by atoms with Crippen LogP contribution in [0.1, 0.15) is 19.8 Å². The zero-order valence-corrected chi connectivity index (χ0v) is 13.3. The van der Waals surface area contributed by atoms with Crippen molar-refractivity contribution >= 4 is 34.2 Å². The molecule has 0 aliphatic carbocycles. The maximum Gasteiger partial charge on any atom is 0.220 e. The van der Waals surface area contributed by atoms with Gasteiger partial charge in [-0.3, -0.25) is 4.79 Å². The van der Waals surface area contributed by atoms with Crippen molar-refractivity contribution in [1.29, 1.82) is 0 Å². The highest BCUT2D eigenvalue weighted by molar-refractivity contribution is 9.10. The molecule has 0 radical (unpaired) electrons. The van der Waals surface area contributed by atoms with E-state index in [1.54, 1.807) is 0 Å². The molecule has 0 aromatic heterocycles. The predicted molar refractivity (Wildman–Crippen MR) is 82.8 cm³/mol. The van der Waals surface area contributed by atoms with Crippen molar-refractivity contribution in [3.05, 3.63) is 28.7 Å². The molecule has 0 spiro atoms. The fourth-order valence-corrected chi connectivity index (χ4v) is 1.80. The fourth-order valence-electron chi connectivity index (χ4n) is 1.42. The molecule has 1 atom stereocenters. The second-order valence-electron chi connectivity index (χ2n) is 4.08. The van der Waals surface area contributed by atoms with E-state index in [1.165, 1.54) is 0 Å². The summed E-state index contributed by atoms with van der Waals surface area (Å²) in [5.41, 5.74) is 5.34. The number of amides is 1. The van der Waals surface area contributed by atoms with Gasteiger partial charge in [-0.05, 0) is 38.1 Å². The molecular formula is C13H20BrClN2O2. The molecule has 3 N–H and O–H groups in total. The predicted octanol–water partition coefficient (Wildman–Crippen LogP) is 2.49. The SMILES string of the molecule is CC(CNC(=O)CCCN)Oc1cccc(Br)c1.Cl. The van der Waals surface area contributed by atoms with Crippen molar-refractivity contribution in [1.82, 2.24) is 5.32 Å². The molecule has 1 aromatic carbocycles. The van der Waals surface area contributed by atoms with Gasteiger partial charge in [0.2, 0.25) is 5.91 Å². The van der Waals surface area contributed by atoms with E-state index in [4.69, 9.17) is 10.5 Å². The number of carbonyl (C=O) groups excluding carboxylic acids is 1. The highest BCUT2D eigenvalue weighted by Crippen LogP contribution is 2.18. The van der Waals surface area contributed by atoms with Crippen LogP contribution in [0.25, 0.3) is 0 Å². The van der Waals surface area contributed by atoms with Crippen molar-refractivity contribution in [2.75, 3.05) is 13.1 Å². The Morgan fingerprint density at radius 1 is 1.53 bits per heavy atom. The van der Waals surface area contributed by atoms with Crippen molar-refractivity contribution < 1.29 is 9.53 Å². The standard InChI is InChI=1S/C13H19BrN2O2.ClH/c1-10(9-16-13(17)6-3-7-15)18-12-5-2-4-11(14)8-12;/h2,4-5,8,10H,3,6-7,9,15H2,1H3,(H,16,17);1H. The Bertz CT molecular complexity index is 391. The van der Waals surface area contributed by atoms with Crippen molar-refractivity contribution in [2.45, 2.75) is 25.9 Å². The second-order valence-corrected chi connectivity index (χ2v) is 5.00. The summed E-state index contributed by atoms with van der Waals surface area (Å²) in [5.74, 6) is 0.804. The van der Waals surface area contributed by atoms with Gasteiger partial charge in [0, 0.05) is 10.9 Å². The molecule has 0 heterocycles. The number of rotatable bonds is 7. The smallest absolute Gasteiger partial charge is 0.220 e. The first-order chi connectivity index (χ1) is 8.61. The maximum atomic E-state index is 11.4.